The number of hydrogen-bond donors (Lipinski definition) is 1. The summed E-state index contributed by atoms with van der Waals surface area (Å²) < 4.78 is 23.2. The lowest BCUT2D eigenvalue weighted by Gasteiger charge is -2.29. The first-order valence-corrected chi connectivity index (χ1v) is 11.8. The molecule has 0 amide bonds. The monoisotopic (exact) mass is 448 g/mol. The zero-order chi connectivity index (χ0) is 21.6. The number of halogens is 1. The van der Waals surface area contributed by atoms with E-state index in [2.05, 4.69) is 30.3 Å². The lowest BCUT2D eigenvalue weighted by molar-refractivity contribution is 0.597. The number of quaternary nitrogens is 1. The van der Waals surface area contributed by atoms with Crippen LogP contribution >= 0.6 is 11.6 Å². The summed E-state index contributed by atoms with van der Waals surface area (Å²) in [5, 5.41) is 5.84. The molecule has 2 aliphatic heterocycles. The number of benzene rings is 2. The normalized spacial score (nSPS) is 22.1. The van der Waals surface area contributed by atoms with E-state index >= 15 is 0 Å². The Morgan fingerprint density at radius 2 is 1.71 bits per heavy atom. The Balaban J connectivity index is 1.53. The van der Waals surface area contributed by atoms with Crippen molar-refractivity contribution >= 4 is 33.5 Å². The summed E-state index contributed by atoms with van der Waals surface area (Å²) in [6.07, 6.45) is 10.7. The standard InChI is InChI=1S/C24H19ClN3O2S/c25-21-7-9-22(10-8-21)28-15-18(14-27-24(28)13-20(16-28)19-5-6-19)2-1-17-3-11-23(12-4-17)31(26,29)30/h3-4,7-16,19H,5-6H2,(H2,26,29,30)/q+1. The first-order valence-electron chi connectivity index (χ1n) is 9.85. The molecular weight excluding hydrogens is 430 g/mol. The van der Waals surface area contributed by atoms with Crippen LogP contribution in [0.5, 0.6) is 0 Å². The van der Waals surface area contributed by atoms with E-state index in [0.717, 1.165) is 17.1 Å². The second-order valence-electron chi connectivity index (χ2n) is 7.82. The Hall–Kier alpha value is -2.95. The fourth-order valence-corrected chi connectivity index (χ4v) is 4.41. The number of aliphatic imine (C=N–C) groups is 1. The molecule has 1 fully saturated rings. The molecule has 5 nitrogen and oxygen atoms in total. The first kappa shape index (κ1) is 20.0. The fourth-order valence-electron chi connectivity index (χ4n) is 3.76. The van der Waals surface area contributed by atoms with Gasteiger partial charge in [0.2, 0.25) is 15.8 Å². The van der Waals surface area contributed by atoms with Crippen molar-refractivity contribution in [2.75, 3.05) is 0 Å². The van der Waals surface area contributed by atoms with Gasteiger partial charge >= 0.3 is 0 Å². The Labute approximate surface area is 186 Å². The molecule has 0 saturated heterocycles. The molecular formula is C24H19ClN3O2S+. The maximum atomic E-state index is 11.4. The summed E-state index contributed by atoms with van der Waals surface area (Å²) in [7, 11) is -3.72. The van der Waals surface area contributed by atoms with Crippen LogP contribution in [-0.2, 0) is 10.0 Å². The number of nitrogens with two attached hydrogens (primary N) is 1. The van der Waals surface area contributed by atoms with Gasteiger partial charge in [-0.25, -0.2) is 18.5 Å². The van der Waals surface area contributed by atoms with Gasteiger partial charge in [0.05, 0.1) is 16.7 Å². The van der Waals surface area contributed by atoms with Crippen LogP contribution in [0.1, 0.15) is 18.4 Å². The van der Waals surface area contributed by atoms with E-state index in [1.807, 2.05) is 24.3 Å². The third kappa shape index (κ3) is 3.89. The highest BCUT2D eigenvalue weighted by Crippen LogP contribution is 2.46. The maximum absolute atomic E-state index is 11.4. The number of hydrogen-bond acceptors (Lipinski definition) is 3. The van der Waals surface area contributed by atoms with Crippen molar-refractivity contribution in [2.45, 2.75) is 17.7 Å². The second-order valence-corrected chi connectivity index (χ2v) is 9.82. The van der Waals surface area contributed by atoms with Gasteiger partial charge in [-0.2, -0.15) is 4.48 Å². The van der Waals surface area contributed by atoms with Gasteiger partial charge in [-0.1, -0.05) is 23.4 Å². The molecule has 0 aromatic heterocycles. The molecule has 5 rings (SSSR count). The van der Waals surface area contributed by atoms with Gasteiger partial charge in [-0.15, -0.1) is 0 Å². The molecule has 7 heteroatoms. The highest BCUT2D eigenvalue weighted by molar-refractivity contribution is 7.89. The predicted molar refractivity (Wildman–Crippen MR) is 123 cm³/mol. The van der Waals surface area contributed by atoms with Crippen molar-refractivity contribution in [3.05, 3.63) is 94.6 Å². The minimum atomic E-state index is -3.72. The minimum absolute atomic E-state index is 0.0633. The average molecular weight is 449 g/mol. The minimum Gasteiger partial charge on any atom is -0.225 e. The Kier molecular flexibility index (Phi) is 4.72. The molecule has 1 aliphatic carbocycles. The van der Waals surface area contributed by atoms with Crippen LogP contribution in [0.2, 0.25) is 5.02 Å². The van der Waals surface area contributed by atoms with E-state index in [0.29, 0.717) is 21.0 Å². The highest BCUT2D eigenvalue weighted by atomic mass is 35.5. The quantitative estimate of drug-likeness (QED) is 0.556. The molecule has 1 unspecified atom stereocenters. The van der Waals surface area contributed by atoms with Gasteiger partial charge in [-0.05, 0) is 55.2 Å². The number of allylic oxidation sites excluding steroid dienone is 3. The summed E-state index contributed by atoms with van der Waals surface area (Å²) >= 11 is 6.12. The Morgan fingerprint density at radius 3 is 2.35 bits per heavy atom. The van der Waals surface area contributed by atoms with Crippen molar-refractivity contribution in [1.82, 2.24) is 4.48 Å². The fraction of sp³-hybridized carbons (Fsp3) is 0.125. The van der Waals surface area contributed by atoms with E-state index in [-0.39, 0.29) is 4.90 Å². The van der Waals surface area contributed by atoms with Gasteiger partial charge in [0.15, 0.2) is 0 Å². The largest absolute Gasteiger partial charge is 0.242 e. The topological polar surface area (TPSA) is 72.5 Å². The van der Waals surface area contributed by atoms with Gasteiger partial charge in [-0.3, -0.25) is 0 Å². The van der Waals surface area contributed by atoms with E-state index in [9.17, 15) is 8.42 Å². The molecule has 2 aromatic rings. The summed E-state index contributed by atoms with van der Waals surface area (Å²) in [6, 6.07) is 14.0. The van der Waals surface area contributed by atoms with E-state index in [4.69, 9.17) is 21.7 Å². The number of nitrogens with zero attached hydrogens (tertiary/aromatic N) is 2. The van der Waals surface area contributed by atoms with Gasteiger partial charge in [0.1, 0.15) is 18.1 Å². The van der Waals surface area contributed by atoms with Crippen LogP contribution in [0.15, 0.2) is 93.9 Å². The third-order valence-corrected chi connectivity index (χ3v) is 6.72. The van der Waals surface area contributed by atoms with Crippen LogP contribution in [-0.4, -0.2) is 14.6 Å². The lowest BCUT2D eigenvalue weighted by atomic mass is 10.1. The number of fused-ring (bicyclic) bond motifs is 1. The molecule has 2 N–H and O–H groups in total. The Morgan fingerprint density at radius 1 is 1.00 bits per heavy atom. The van der Waals surface area contributed by atoms with Crippen LogP contribution in [0, 0.1) is 17.8 Å². The number of rotatable bonds is 3. The summed E-state index contributed by atoms with van der Waals surface area (Å²) in [4.78, 5) is 4.78. The van der Waals surface area contributed by atoms with Crippen LogP contribution < -0.4 is 9.62 Å². The molecule has 2 aromatic carbocycles. The lowest BCUT2D eigenvalue weighted by Crippen LogP contribution is -2.36. The first-order chi connectivity index (χ1) is 14.8. The zero-order valence-corrected chi connectivity index (χ0v) is 18.1. The second kappa shape index (κ2) is 7.33. The van der Waals surface area contributed by atoms with Crippen LogP contribution in [0.3, 0.4) is 0 Å². The average Bonchev–Trinajstić information content (AvgIpc) is 3.52. The molecule has 3 aliphatic rings. The zero-order valence-electron chi connectivity index (χ0n) is 16.5. The van der Waals surface area contributed by atoms with Crippen molar-refractivity contribution in [1.29, 1.82) is 0 Å². The van der Waals surface area contributed by atoms with E-state index in [1.165, 1.54) is 30.5 Å². The van der Waals surface area contributed by atoms with Crippen LogP contribution in [0.25, 0.3) is 0 Å². The highest BCUT2D eigenvalue weighted by Gasteiger charge is 2.43. The molecule has 154 valence electrons. The predicted octanol–water partition coefficient (Wildman–Crippen LogP) is 4.46. The number of primary sulfonamides is 1. The van der Waals surface area contributed by atoms with Crippen molar-refractivity contribution < 1.29 is 8.42 Å². The van der Waals surface area contributed by atoms with Gasteiger partial charge in [0.25, 0.3) is 0 Å². The summed E-state index contributed by atoms with van der Waals surface area (Å²) in [5.41, 5.74) is 3.82. The number of sulfonamides is 1. The smallest absolute Gasteiger partial charge is 0.225 e. The third-order valence-electron chi connectivity index (χ3n) is 5.54. The summed E-state index contributed by atoms with van der Waals surface area (Å²) in [5.74, 6) is 7.78. The molecule has 0 radical (unpaired) electrons. The maximum Gasteiger partial charge on any atom is 0.242 e. The molecule has 0 bridgehead atoms. The molecule has 1 saturated carbocycles. The van der Waals surface area contributed by atoms with Crippen molar-refractivity contribution in [2.24, 2.45) is 16.0 Å². The molecule has 0 spiro atoms. The summed E-state index contributed by atoms with van der Waals surface area (Å²) in [6.45, 7) is 0. The van der Waals surface area contributed by atoms with Crippen molar-refractivity contribution in [3.63, 3.8) is 0 Å². The van der Waals surface area contributed by atoms with Crippen LogP contribution in [0.4, 0.5) is 5.69 Å². The molecule has 31 heavy (non-hydrogen) atoms. The molecule has 2 heterocycles. The van der Waals surface area contributed by atoms with Crippen molar-refractivity contribution in [3.8, 4) is 11.8 Å². The van der Waals surface area contributed by atoms with Gasteiger partial charge < -0.3 is 0 Å². The molecule has 1 atom stereocenters. The van der Waals surface area contributed by atoms with E-state index in [1.54, 1.807) is 18.3 Å². The van der Waals surface area contributed by atoms with E-state index < -0.39 is 10.0 Å². The SMILES string of the molecule is NS(=O)(=O)c1ccc(C#CC2=C[N+]3(c4ccc(Cl)cc4)C=C(C4CC4)C=C3N=C2)cc1. The Bertz CT molecular complexity index is 1350. The van der Waals surface area contributed by atoms with Gasteiger partial charge in [0, 0.05) is 34.4 Å².